The first-order valence-electron chi connectivity index (χ1n) is 12.0. The van der Waals surface area contributed by atoms with Gasteiger partial charge in [0.15, 0.2) is 0 Å². The van der Waals surface area contributed by atoms with E-state index in [9.17, 15) is 14.0 Å². The van der Waals surface area contributed by atoms with Crippen molar-refractivity contribution in [2.45, 2.75) is 37.1 Å². The Morgan fingerprint density at radius 1 is 0.886 bits per heavy atom. The van der Waals surface area contributed by atoms with E-state index in [1.807, 2.05) is 12.1 Å². The summed E-state index contributed by atoms with van der Waals surface area (Å²) in [7, 11) is 0. The Bertz CT molecular complexity index is 1080. The monoisotopic (exact) mass is 478 g/mol. The Morgan fingerprint density at radius 3 is 2.09 bits per heavy atom. The van der Waals surface area contributed by atoms with Crippen molar-refractivity contribution in [2.75, 3.05) is 31.1 Å². The molecule has 2 aromatic carbocycles. The molecule has 5 rings (SSSR count). The zero-order chi connectivity index (χ0) is 24.8. The van der Waals surface area contributed by atoms with E-state index in [1.54, 1.807) is 17.7 Å². The van der Waals surface area contributed by atoms with Crippen LogP contribution in [0.2, 0.25) is 0 Å². The van der Waals surface area contributed by atoms with Gasteiger partial charge in [0, 0.05) is 55.5 Å². The van der Waals surface area contributed by atoms with Crippen molar-refractivity contribution in [1.82, 2.24) is 4.90 Å². The van der Waals surface area contributed by atoms with E-state index in [0.29, 0.717) is 23.6 Å². The molecule has 0 amide bonds. The van der Waals surface area contributed by atoms with Gasteiger partial charge in [-0.15, -0.1) is 0 Å². The lowest BCUT2D eigenvalue weighted by molar-refractivity contribution is -0.134. The summed E-state index contributed by atoms with van der Waals surface area (Å²) in [5, 5.41) is 15.6. The number of benzene rings is 2. The maximum Gasteiger partial charge on any atom is 0.328 e. The molecule has 184 valence electrons. The van der Waals surface area contributed by atoms with Gasteiger partial charge in [0.2, 0.25) is 0 Å². The first kappa shape index (κ1) is 24.7. The second kappa shape index (κ2) is 10.9. The molecule has 3 aliphatic rings. The lowest BCUT2D eigenvalue weighted by Crippen LogP contribution is -2.52. The van der Waals surface area contributed by atoms with Crippen molar-refractivity contribution in [1.29, 1.82) is 0 Å². The molecule has 6 nitrogen and oxygen atoms in total. The summed E-state index contributed by atoms with van der Waals surface area (Å²) in [5.41, 5.74) is 4.41. The molecule has 1 saturated heterocycles. The number of carboxylic acid groups (broad SMARTS) is 2. The predicted octanol–water partition coefficient (Wildman–Crippen LogP) is 4.57. The number of halogens is 1. The van der Waals surface area contributed by atoms with Gasteiger partial charge in [-0.1, -0.05) is 36.4 Å². The highest BCUT2D eigenvalue weighted by Crippen LogP contribution is 2.47. The van der Waals surface area contributed by atoms with E-state index in [1.165, 1.54) is 31.2 Å². The summed E-state index contributed by atoms with van der Waals surface area (Å²) < 4.78 is 13.1. The molecule has 1 saturated carbocycles. The lowest BCUT2D eigenvalue weighted by Gasteiger charge is -2.45. The van der Waals surface area contributed by atoms with Crippen LogP contribution in [0.1, 0.15) is 36.8 Å². The fourth-order valence-corrected chi connectivity index (χ4v) is 5.49. The second-order valence-corrected chi connectivity index (χ2v) is 9.32. The van der Waals surface area contributed by atoms with Crippen LogP contribution in [0.3, 0.4) is 0 Å². The third-order valence-electron chi connectivity index (χ3n) is 7.32. The topological polar surface area (TPSA) is 81.1 Å². The number of fused-ring (bicyclic) bond motifs is 2. The first-order valence-corrected chi connectivity index (χ1v) is 12.0. The third kappa shape index (κ3) is 5.98. The highest BCUT2D eigenvalue weighted by Gasteiger charge is 2.40. The summed E-state index contributed by atoms with van der Waals surface area (Å²) in [4.78, 5) is 24.2. The molecule has 0 atom stereocenters. The van der Waals surface area contributed by atoms with E-state index in [0.717, 1.165) is 31.9 Å². The fraction of sp³-hybridized carbons (Fsp3) is 0.357. The Morgan fingerprint density at radius 2 is 1.49 bits per heavy atom. The number of hydrogen-bond acceptors (Lipinski definition) is 4. The van der Waals surface area contributed by atoms with Gasteiger partial charge >= 0.3 is 11.9 Å². The molecule has 1 heterocycles. The summed E-state index contributed by atoms with van der Waals surface area (Å²) in [5.74, 6) is -2.67. The van der Waals surface area contributed by atoms with Crippen molar-refractivity contribution in [2.24, 2.45) is 0 Å². The van der Waals surface area contributed by atoms with Crippen molar-refractivity contribution < 1.29 is 24.2 Å². The maximum atomic E-state index is 13.1. The maximum absolute atomic E-state index is 13.1. The Kier molecular flexibility index (Phi) is 7.66. The van der Waals surface area contributed by atoms with Crippen LogP contribution in [0.15, 0.2) is 66.8 Å². The third-order valence-corrected chi connectivity index (χ3v) is 7.32. The number of hydrogen-bond donors (Lipinski definition) is 2. The minimum absolute atomic E-state index is 0.156. The molecule has 0 unspecified atom stereocenters. The van der Waals surface area contributed by atoms with Crippen LogP contribution in [0, 0.1) is 5.82 Å². The summed E-state index contributed by atoms with van der Waals surface area (Å²) in [6.45, 7) is 4.30. The number of anilines is 1. The van der Waals surface area contributed by atoms with Gasteiger partial charge in [-0.05, 0) is 61.1 Å². The zero-order valence-electron chi connectivity index (χ0n) is 19.6. The van der Waals surface area contributed by atoms with Crippen LogP contribution in [0.4, 0.5) is 10.1 Å². The summed E-state index contributed by atoms with van der Waals surface area (Å²) >= 11 is 0. The lowest BCUT2D eigenvalue weighted by atomic mass is 9.69. The molecule has 35 heavy (non-hydrogen) atoms. The Labute approximate surface area is 205 Å². The van der Waals surface area contributed by atoms with Crippen LogP contribution in [0.25, 0.3) is 6.08 Å². The van der Waals surface area contributed by atoms with Crippen molar-refractivity contribution >= 4 is 23.7 Å². The number of allylic oxidation sites excluding steroid dienone is 1. The number of rotatable bonds is 4. The van der Waals surface area contributed by atoms with Crippen molar-refractivity contribution in [3.05, 3.63) is 83.7 Å². The molecule has 0 aromatic heterocycles. The van der Waals surface area contributed by atoms with Crippen LogP contribution in [-0.2, 0) is 15.0 Å². The van der Waals surface area contributed by atoms with Gasteiger partial charge in [0.25, 0.3) is 0 Å². The smallest absolute Gasteiger partial charge is 0.328 e. The minimum Gasteiger partial charge on any atom is -0.478 e. The van der Waals surface area contributed by atoms with Gasteiger partial charge in [-0.25, -0.2) is 14.0 Å². The standard InChI is InChI=1S/C24H27FN2.C4H4O4/c25-20-5-7-21(8-6-20)26-15-17-27(18-16-26)22-10-13-24(14-11-22)12-9-19-3-1-2-4-23(19)24;5-3(6)1-2-4(7)8/h1-9,12,22H,10-11,13-18H2;1-2H,(H,5,6)(H,7,8)/b;2-1-/t22-,24-;. The van der Waals surface area contributed by atoms with Crippen molar-refractivity contribution in [3.63, 3.8) is 0 Å². The summed E-state index contributed by atoms with van der Waals surface area (Å²) in [6, 6.07) is 16.6. The second-order valence-electron chi connectivity index (χ2n) is 9.32. The van der Waals surface area contributed by atoms with Crippen LogP contribution in [0.5, 0.6) is 0 Å². The average Bonchev–Trinajstić information content (AvgIpc) is 3.22. The van der Waals surface area contributed by atoms with E-state index in [-0.39, 0.29) is 5.82 Å². The van der Waals surface area contributed by atoms with Crippen LogP contribution >= 0.6 is 0 Å². The molecule has 7 heteroatoms. The molecular weight excluding hydrogens is 447 g/mol. The number of carbonyl (C=O) groups is 2. The Hall–Kier alpha value is -3.45. The van der Waals surface area contributed by atoms with Gasteiger partial charge in [0.05, 0.1) is 0 Å². The number of carboxylic acids is 2. The number of piperazine rings is 1. The Balaban J connectivity index is 0.000000314. The molecule has 0 bridgehead atoms. The highest BCUT2D eigenvalue weighted by molar-refractivity contribution is 5.89. The molecule has 2 N–H and O–H groups in total. The quantitative estimate of drug-likeness (QED) is 0.627. The highest BCUT2D eigenvalue weighted by atomic mass is 19.1. The van der Waals surface area contributed by atoms with Crippen molar-refractivity contribution in [3.8, 4) is 0 Å². The van der Waals surface area contributed by atoms with E-state index in [2.05, 4.69) is 46.2 Å². The molecule has 1 spiro atoms. The normalized spacial score (nSPS) is 23.7. The predicted molar refractivity (Wildman–Crippen MR) is 134 cm³/mol. The number of aliphatic carboxylic acids is 2. The molecule has 1 aliphatic heterocycles. The van der Waals surface area contributed by atoms with Gasteiger partial charge in [-0.3, -0.25) is 4.90 Å². The number of nitrogens with zero attached hydrogens (tertiary/aromatic N) is 2. The molecule has 2 aromatic rings. The van der Waals surface area contributed by atoms with Gasteiger partial charge in [-0.2, -0.15) is 0 Å². The van der Waals surface area contributed by atoms with Gasteiger partial charge in [0.1, 0.15) is 5.82 Å². The average molecular weight is 479 g/mol. The molecule has 2 fully saturated rings. The largest absolute Gasteiger partial charge is 0.478 e. The summed E-state index contributed by atoms with van der Waals surface area (Å²) in [6.07, 6.45) is 11.0. The molecule has 0 radical (unpaired) electrons. The SMILES string of the molecule is Fc1ccc(N2CCN([C@H]3CC[C@@]4(C=Cc5ccccc54)CC3)CC2)cc1.O=C(O)/C=C\C(=O)O. The fourth-order valence-electron chi connectivity index (χ4n) is 5.49. The zero-order valence-corrected chi connectivity index (χ0v) is 19.6. The minimum atomic E-state index is -1.26. The molecular formula is C28H31FN2O4. The van der Waals surface area contributed by atoms with E-state index < -0.39 is 11.9 Å². The van der Waals surface area contributed by atoms with Crippen LogP contribution in [-0.4, -0.2) is 59.3 Å². The first-order chi connectivity index (χ1) is 16.9. The van der Waals surface area contributed by atoms with Crippen LogP contribution < -0.4 is 4.90 Å². The molecule has 2 aliphatic carbocycles. The van der Waals surface area contributed by atoms with E-state index in [4.69, 9.17) is 10.2 Å². The van der Waals surface area contributed by atoms with Gasteiger partial charge < -0.3 is 15.1 Å². The van der Waals surface area contributed by atoms with E-state index >= 15 is 0 Å².